The van der Waals surface area contributed by atoms with Crippen molar-refractivity contribution in [2.75, 3.05) is 13.7 Å². The first-order chi connectivity index (χ1) is 16.1. The lowest BCUT2D eigenvalue weighted by atomic mass is 9.66. The van der Waals surface area contributed by atoms with Gasteiger partial charge >= 0.3 is 12.1 Å². The first-order valence-corrected chi connectivity index (χ1v) is 11.0. The van der Waals surface area contributed by atoms with Crippen molar-refractivity contribution in [1.29, 1.82) is 0 Å². The molecule has 1 aliphatic rings. The van der Waals surface area contributed by atoms with Crippen LogP contribution >= 0.6 is 0 Å². The molecular weight excluding hydrogens is 447 g/mol. The number of alkyl halides is 3. The number of benzene rings is 1. The van der Waals surface area contributed by atoms with Crippen molar-refractivity contribution in [3.05, 3.63) is 54.5 Å². The summed E-state index contributed by atoms with van der Waals surface area (Å²) in [6, 6.07) is 10.8. The number of hydrogen-bond acceptors (Lipinski definition) is 5. The van der Waals surface area contributed by atoms with Gasteiger partial charge in [-0.15, -0.1) is 0 Å². The number of nitrogens with zero attached hydrogens (tertiary/aromatic N) is 2. The van der Waals surface area contributed by atoms with Gasteiger partial charge in [0, 0.05) is 23.5 Å². The zero-order valence-electron chi connectivity index (χ0n) is 19.2. The number of H-pyrrole nitrogens is 1. The molecule has 9 heteroatoms. The lowest BCUT2D eigenvalue weighted by Gasteiger charge is -2.42. The summed E-state index contributed by atoms with van der Waals surface area (Å²) in [4.78, 5) is 23.3. The zero-order valence-corrected chi connectivity index (χ0v) is 19.2. The van der Waals surface area contributed by atoms with E-state index in [0.717, 1.165) is 5.56 Å². The Morgan fingerprint density at radius 3 is 2.24 bits per heavy atom. The summed E-state index contributed by atoms with van der Waals surface area (Å²) in [5, 5.41) is 0. The number of methoxy groups -OCH3 is 1. The van der Waals surface area contributed by atoms with Crippen molar-refractivity contribution in [3.63, 3.8) is 0 Å². The van der Waals surface area contributed by atoms with Crippen LogP contribution in [0, 0.1) is 5.41 Å². The van der Waals surface area contributed by atoms with Gasteiger partial charge < -0.3 is 14.5 Å². The summed E-state index contributed by atoms with van der Waals surface area (Å²) in [5.41, 5.74) is -0.330. The quantitative estimate of drug-likeness (QED) is 0.446. The smallest absolute Gasteiger partial charge is 0.399 e. The minimum absolute atomic E-state index is 0.0786. The SMILES string of the molecule is COC(=O)C(C)(C)COc1ccc(-c2ccc(-c3ncc(C4(C(F)(F)F)CCC4)[nH]3)cn2)cc1. The number of rotatable bonds is 7. The second kappa shape index (κ2) is 8.77. The predicted octanol–water partition coefficient (Wildman–Crippen LogP) is 5.70. The molecule has 2 heterocycles. The van der Waals surface area contributed by atoms with E-state index >= 15 is 0 Å². The van der Waals surface area contributed by atoms with Crippen LogP contribution in [0.15, 0.2) is 48.8 Å². The van der Waals surface area contributed by atoms with Gasteiger partial charge in [-0.25, -0.2) is 4.98 Å². The van der Waals surface area contributed by atoms with Gasteiger partial charge in [-0.05, 0) is 63.1 Å². The number of carbonyl (C=O) groups excluding carboxylic acids is 1. The summed E-state index contributed by atoms with van der Waals surface area (Å²) in [5.74, 6) is 0.620. The number of nitrogens with one attached hydrogen (secondary N) is 1. The highest BCUT2D eigenvalue weighted by Crippen LogP contribution is 2.54. The minimum atomic E-state index is -4.30. The van der Waals surface area contributed by atoms with Crippen LogP contribution in [-0.4, -0.2) is 40.8 Å². The van der Waals surface area contributed by atoms with Gasteiger partial charge in [0.15, 0.2) is 0 Å². The predicted molar refractivity (Wildman–Crippen MR) is 120 cm³/mol. The molecule has 0 atom stereocenters. The molecule has 180 valence electrons. The normalized spacial score (nSPS) is 15.5. The standard InChI is InChI=1S/C25H26F3N3O3/c1-23(2,22(32)33-3)15-34-18-8-5-16(6-9-18)19-10-7-17(13-29-19)21-30-14-20(31-21)24(11-4-12-24)25(26,27)28/h5-10,13-14H,4,11-12,15H2,1-3H3,(H,30,31). The Morgan fingerprint density at radius 2 is 1.71 bits per heavy atom. The number of carbonyl (C=O) groups is 1. The van der Waals surface area contributed by atoms with E-state index in [2.05, 4.69) is 15.0 Å². The van der Waals surface area contributed by atoms with Crippen LogP contribution in [0.25, 0.3) is 22.6 Å². The van der Waals surface area contributed by atoms with Crippen LogP contribution in [0.2, 0.25) is 0 Å². The number of esters is 1. The van der Waals surface area contributed by atoms with E-state index in [1.54, 1.807) is 44.3 Å². The van der Waals surface area contributed by atoms with Gasteiger partial charge in [-0.3, -0.25) is 9.78 Å². The third-order valence-electron chi connectivity index (χ3n) is 6.37. The number of aromatic amines is 1. The molecule has 6 nitrogen and oxygen atoms in total. The molecule has 34 heavy (non-hydrogen) atoms. The monoisotopic (exact) mass is 473 g/mol. The first-order valence-electron chi connectivity index (χ1n) is 11.0. The van der Waals surface area contributed by atoms with E-state index in [1.807, 2.05) is 12.1 Å². The summed E-state index contributed by atoms with van der Waals surface area (Å²) < 4.78 is 51.3. The van der Waals surface area contributed by atoms with Crippen molar-refractivity contribution in [3.8, 4) is 28.4 Å². The van der Waals surface area contributed by atoms with Gasteiger partial charge in [-0.1, -0.05) is 6.42 Å². The fraction of sp³-hybridized carbons (Fsp3) is 0.400. The molecule has 0 spiro atoms. The number of imidazole rings is 1. The van der Waals surface area contributed by atoms with E-state index in [4.69, 9.17) is 9.47 Å². The van der Waals surface area contributed by atoms with Crippen LogP contribution in [0.3, 0.4) is 0 Å². The zero-order chi connectivity index (χ0) is 24.6. The van der Waals surface area contributed by atoms with Crippen LogP contribution in [0.4, 0.5) is 13.2 Å². The second-order valence-electron chi connectivity index (χ2n) is 9.20. The molecule has 3 aromatic rings. The highest BCUT2D eigenvalue weighted by atomic mass is 19.4. The Balaban J connectivity index is 1.44. The molecule has 1 aromatic carbocycles. The maximum absolute atomic E-state index is 13.6. The minimum Gasteiger partial charge on any atom is -0.492 e. The number of ether oxygens (including phenoxy) is 2. The molecule has 0 aliphatic heterocycles. The molecule has 0 saturated heterocycles. The number of hydrogen-bond donors (Lipinski definition) is 1. The lowest BCUT2D eigenvalue weighted by molar-refractivity contribution is -0.213. The van der Waals surface area contributed by atoms with Gasteiger partial charge in [-0.2, -0.15) is 13.2 Å². The maximum Gasteiger partial charge on any atom is 0.399 e. The number of pyridine rings is 1. The van der Waals surface area contributed by atoms with Gasteiger partial charge in [0.25, 0.3) is 0 Å². The lowest BCUT2D eigenvalue weighted by Crippen LogP contribution is -2.48. The van der Waals surface area contributed by atoms with Gasteiger partial charge in [0.1, 0.15) is 23.6 Å². The molecule has 4 rings (SSSR count). The second-order valence-corrected chi connectivity index (χ2v) is 9.20. The molecule has 0 amide bonds. The summed E-state index contributed by atoms with van der Waals surface area (Å²) in [7, 11) is 1.34. The van der Waals surface area contributed by atoms with Crippen molar-refractivity contribution >= 4 is 5.97 Å². The van der Waals surface area contributed by atoms with Crippen LogP contribution in [0.5, 0.6) is 5.75 Å². The average Bonchev–Trinajstić information content (AvgIpc) is 3.26. The molecule has 0 bridgehead atoms. The molecule has 2 aromatic heterocycles. The van der Waals surface area contributed by atoms with E-state index < -0.39 is 17.0 Å². The van der Waals surface area contributed by atoms with E-state index in [9.17, 15) is 18.0 Å². The van der Waals surface area contributed by atoms with Crippen LogP contribution < -0.4 is 4.74 Å². The molecule has 0 unspecified atom stereocenters. The fourth-order valence-corrected chi connectivity index (χ4v) is 3.97. The summed E-state index contributed by atoms with van der Waals surface area (Å²) in [6.07, 6.45) is -0.720. The molecule has 1 fully saturated rings. The van der Waals surface area contributed by atoms with Crippen LogP contribution in [0.1, 0.15) is 38.8 Å². The van der Waals surface area contributed by atoms with Crippen molar-refractivity contribution in [2.45, 2.75) is 44.7 Å². The van der Waals surface area contributed by atoms with Crippen molar-refractivity contribution < 1.29 is 27.4 Å². The molecular formula is C25H26F3N3O3. The maximum atomic E-state index is 13.6. The Kier molecular flexibility index (Phi) is 6.14. The van der Waals surface area contributed by atoms with Gasteiger partial charge in [0.05, 0.1) is 23.9 Å². The highest BCUT2D eigenvalue weighted by molar-refractivity contribution is 5.76. The Hall–Kier alpha value is -3.36. The molecule has 0 radical (unpaired) electrons. The topological polar surface area (TPSA) is 77.1 Å². The molecule has 1 saturated carbocycles. The van der Waals surface area contributed by atoms with E-state index in [1.165, 1.54) is 13.3 Å². The summed E-state index contributed by atoms with van der Waals surface area (Å²) in [6.45, 7) is 3.67. The highest BCUT2D eigenvalue weighted by Gasteiger charge is 2.60. The molecule has 1 N–H and O–H groups in total. The van der Waals surface area contributed by atoms with Crippen molar-refractivity contribution in [1.82, 2.24) is 15.0 Å². The molecule has 1 aliphatic carbocycles. The first kappa shape index (κ1) is 23.8. The number of halogens is 3. The van der Waals surface area contributed by atoms with Crippen LogP contribution in [-0.2, 0) is 14.9 Å². The summed E-state index contributed by atoms with van der Waals surface area (Å²) >= 11 is 0. The van der Waals surface area contributed by atoms with E-state index in [0.29, 0.717) is 29.3 Å². The third-order valence-corrected chi connectivity index (χ3v) is 6.37. The van der Waals surface area contributed by atoms with E-state index in [-0.39, 0.29) is 31.1 Å². The average molecular weight is 473 g/mol. The largest absolute Gasteiger partial charge is 0.492 e. The van der Waals surface area contributed by atoms with Crippen molar-refractivity contribution in [2.24, 2.45) is 5.41 Å². The Bertz CT molecular complexity index is 1150. The Labute approximate surface area is 195 Å². The van der Waals surface area contributed by atoms with Gasteiger partial charge in [0.2, 0.25) is 0 Å². The fourth-order valence-electron chi connectivity index (χ4n) is 3.97. The number of aromatic nitrogens is 3. The third kappa shape index (κ3) is 4.38. The Morgan fingerprint density at radius 1 is 1.03 bits per heavy atom.